The van der Waals surface area contributed by atoms with Crippen LogP contribution in [0.5, 0.6) is 0 Å². The molecule has 0 bridgehead atoms. The van der Waals surface area contributed by atoms with Crippen LogP contribution in [-0.4, -0.2) is 30.0 Å². The number of pyridine rings is 1. The lowest BCUT2D eigenvalue weighted by Crippen LogP contribution is -2.28. The first-order valence-corrected chi connectivity index (χ1v) is 10.6. The molecule has 4 aromatic rings. The lowest BCUT2D eigenvalue weighted by atomic mass is 10.2. The lowest BCUT2D eigenvalue weighted by molar-refractivity contribution is 0.594. The molecule has 2 aromatic carbocycles. The van der Waals surface area contributed by atoms with E-state index in [1.165, 1.54) is 31.4 Å². The number of nitrogens with two attached hydrogens (primary N) is 1. The molecule has 0 spiro atoms. The van der Waals surface area contributed by atoms with Crippen LogP contribution in [0.2, 0.25) is 5.02 Å². The van der Waals surface area contributed by atoms with E-state index in [9.17, 15) is 13.2 Å². The van der Waals surface area contributed by atoms with E-state index in [0.29, 0.717) is 10.9 Å². The number of hydrogen-bond donors (Lipinski definition) is 1. The quantitative estimate of drug-likeness (QED) is 0.521. The molecule has 0 aliphatic heterocycles. The van der Waals surface area contributed by atoms with E-state index in [1.54, 1.807) is 42.5 Å². The highest BCUT2D eigenvalue weighted by molar-refractivity contribution is 7.92. The lowest BCUT2D eigenvalue weighted by Gasteiger charge is -2.19. The number of hydrogen-bond acceptors (Lipinski definition) is 6. The number of fused-ring (bicyclic) bond motifs is 1. The molecule has 152 valence electrons. The van der Waals surface area contributed by atoms with Crippen LogP contribution in [0.3, 0.4) is 0 Å². The summed E-state index contributed by atoms with van der Waals surface area (Å²) >= 11 is 6.31. The molecular weight excluding hydrogens is 426 g/mol. The Kier molecular flexibility index (Phi) is 4.92. The molecule has 0 radical (unpaired) electrons. The Morgan fingerprint density at radius 1 is 1.07 bits per heavy atom. The number of nitrogens with zero attached hydrogens (tertiary/aromatic N) is 4. The molecule has 8 nitrogen and oxygen atoms in total. The Morgan fingerprint density at radius 3 is 2.53 bits per heavy atom. The third-order valence-electron chi connectivity index (χ3n) is 4.62. The minimum absolute atomic E-state index is 0.0745. The summed E-state index contributed by atoms with van der Waals surface area (Å²) in [5, 5.41) is 0.701. The Labute approximate surface area is 177 Å². The molecule has 0 amide bonds. The maximum absolute atomic E-state index is 13.1. The zero-order valence-electron chi connectivity index (χ0n) is 15.7. The Balaban J connectivity index is 1.90. The van der Waals surface area contributed by atoms with Crippen molar-refractivity contribution in [3.8, 4) is 5.69 Å². The SMILES string of the molecule is CN(c1ccccn1)S(=O)(=O)c1ccc(Cl)c(-n2c(N)c3ccccc3nc2=O)c1. The van der Waals surface area contributed by atoms with Gasteiger partial charge in [0.25, 0.3) is 10.0 Å². The first-order valence-electron chi connectivity index (χ1n) is 8.78. The van der Waals surface area contributed by atoms with Gasteiger partial charge in [-0.1, -0.05) is 29.8 Å². The minimum atomic E-state index is -3.97. The second-order valence-corrected chi connectivity index (χ2v) is 8.78. The summed E-state index contributed by atoms with van der Waals surface area (Å²) in [5.74, 6) is 0.359. The van der Waals surface area contributed by atoms with E-state index in [4.69, 9.17) is 17.3 Å². The van der Waals surface area contributed by atoms with Crippen molar-refractivity contribution in [1.29, 1.82) is 0 Å². The molecule has 2 aromatic heterocycles. The van der Waals surface area contributed by atoms with Crippen LogP contribution in [0.4, 0.5) is 11.6 Å². The number of halogens is 1. The molecule has 0 saturated heterocycles. The molecule has 4 rings (SSSR count). The van der Waals surface area contributed by atoms with Gasteiger partial charge in [0.05, 0.1) is 21.1 Å². The van der Waals surface area contributed by atoms with Gasteiger partial charge in [-0.15, -0.1) is 0 Å². The van der Waals surface area contributed by atoms with Crippen molar-refractivity contribution >= 4 is 44.2 Å². The molecule has 10 heteroatoms. The van der Waals surface area contributed by atoms with Crippen molar-refractivity contribution in [1.82, 2.24) is 14.5 Å². The molecule has 0 saturated carbocycles. The van der Waals surface area contributed by atoms with Gasteiger partial charge in [0.2, 0.25) is 0 Å². The van der Waals surface area contributed by atoms with E-state index in [2.05, 4.69) is 9.97 Å². The van der Waals surface area contributed by atoms with Gasteiger partial charge >= 0.3 is 5.69 Å². The monoisotopic (exact) mass is 441 g/mol. The van der Waals surface area contributed by atoms with E-state index >= 15 is 0 Å². The second kappa shape index (κ2) is 7.43. The topological polar surface area (TPSA) is 111 Å². The molecule has 2 N–H and O–H groups in total. The summed E-state index contributed by atoms with van der Waals surface area (Å²) in [7, 11) is -2.58. The largest absolute Gasteiger partial charge is 0.384 e. The van der Waals surface area contributed by atoms with Gasteiger partial charge in [0.15, 0.2) is 0 Å². The Hall–Kier alpha value is -3.43. The number of nitrogen functional groups attached to an aromatic ring is 1. The molecule has 2 heterocycles. The fraction of sp³-hybridized carbons (Fsp3) is 0.0500. The van der Waals surface area contributed by atoms with Crippen LogP contribution in [0, 0.1) is 0 Å². The van der Waals surface area contributed by atoms with Crippen LogP contribution in [0.25, 0.3) is 16.6 Å². The number of aromatic nitrogens is 3. The highest BCUT2D eigenvalue weighted by atomic mass is 35.5. The smallest absolute Gasteiger partial charge is 0.354 e. The summed E-state index contributed by atoms with van der Waals surface area (Å²) in [6.07, 6.45) is 1.50. The van der Waals surface area contributed by atoms with E-state index in [1.807, 2.05) is 0 Å². The third-order valence-corrected chi connectivity index (χ3v) is 6.69. The summed E-state index contributed by atoms with van der Waals surface area (Å²) in [4.78, 5) is 20.7. The number of para-hydroxylation sites is 1. The molecule has 0 atom stereocenters. The molecule has 0 fully saturated rings. The van der Waals surface area contributed by atoms with Gasteiger partial charge in [0.1, 0.15) is 11.6 Å². The Bertz CT molecular complexity index is 1420. The average molecular weight is 442 g/mol. The Morgan fingerprint density at radius 2 is 1.80 bits per heavy atom. The number of rotatable bonds is 4. The maximum Gasteiger partial charge on any atom is 0.354 e. The fourth-order valence-corrected chi connectivity index (χ4v) is 4.42. The standard InChI is InChI=1S/C20H16ClN5O3S/c1-25(18-8-4-5-11-23-18)30(28,29)13-9-10-15(21)17(12-13)26-19(22)14-6-2-3-7-16(14)24-20(26)27/h2-12H,22H2,1H3. The predicted molar refractivity (Wildman–Crippen MR) is 117 cm³/mol. The summed E-state index contributed by atoms with van der Waals surface area (Å²) in [6, 6.07) is 15.9. The van der Waals surface area contributed by atoms with Crippen LogP contribution in [0.15, 0.2) is 76.6 Å². The van der Waals surface area contributed by atoms with Crippen LogP contribution in [0.1, 0.15) is 0 Å². The average Bonchev–Trinajstić information content (AvgIpc) is 2.75. The van der Waals surface area contributed by atoms with E-state index < -0.39 is 15.7 Å². The fourth-order valence-electron chi connectivity index (χ4n) is 3.04. The van der Waals surface area contributed by atoms with Crippen molar-refractivity contribution in [2.45, 2.75) is 4.90 Å². The van der Waals surface area contributed by atoms with Crippen LogP contribution >= 0.6 is 11.6 Å². The van der Waals surface area contributed by atoms with E-state index in [-0.39, 0.29) is 27.2 Å². The molecule has 30 heavy (non-hydrogen) atoms. The molecule has 0 aliphatic carbocycles. The van der Waals surface area contributed by atoms with Crippen LogP contribution < -0.4 is 15.7 Å². The van der Waals surface area contributed by atoms with Crippen molar-refractivity contribution < 1.29 is 8.42 Å². The third kappa shape index (κ3) is 3.27. The van der Waals surface area contributed by atoms with Crippen molar-refractivity contribution in [2.75, 3.05) is 17.1 Å². The van der Waals surface area contributed by atoms with Gasteiger partial charge in [-0.3, -0.25) is 4.31 Å². The zero-order chi connectivity index (χ0) is 21.5. The summed E-state index contributed by atoms with van der Waals surface area (Å²) in [5.41, 5.74) is 6.11. The highest BCUT2D eigenvalue weighted by Crippen LogP contribution is 2.29. The predicted octanol–water partition coefficient (Wildman–Crippen LogP) is 2.84. The second-order valence-electron chi connectivity index (χ2n) is 6.41. The molecular formula is C20H16ClN5O3S. The highest BCUT2D eigenvalue weighted by Gasteiger charge is 2.24. The first-order chi connectivity index (χ1) is 14.3. The summed E-state index contributed by atoms with van der Waals surface area (Å²) in [6.45, 7) is 0. The van der Waals surface area contributed by atoms with Gasteiger partial charge in [0, 0.05) is 18.6 Å². The van der Waals surface area contributed by atoms with Gasteiger partial charge < -0.3 is 5.73 Å². The zero-order valence-corrected chi connectivity index (χ0v) is 17.3. The van der Waals surface area contributed by atoms with Crippen molar-refractivity contribution in [3.63, 3.8) is 0 Å². The van der Waals surface area contributed by atoms with Crippen molar-refractivity contribution in [2.24, 2.45) is 0 Å². The van der Waals surface area contributed by atoms with Gasteiger partial charge in [-0.05, 0) is 42.5 Å². The first kappa shape index (κ1) is 19.9. The number of benzene rings is 2. The molecule has 0 aliphatic rings. The number of anilines is 2. The van der Waals surface area contributed by atoms with Gasteiger partial charge in [-0.2, -0.15) is 4.98 Å². The number of sulfonamides is 1. The maximum atomic E-state index is 13.1. The summed E-state index contributed by atoms with van der Waals surface area (Å²) < 4.78 is 28.4. The normalized spacial score (nSPS) is 11.5. The van der Waals surface area contributed by atoms with Crippen molar-refractivity contribution in [3.05, 3.63) is 82.4 Å². The van der Waals surface area contributed by atoms with E-state index in [0.717, 1.165) is 8.87 Å². The molecule has 0 unspecified atom stereocenters. The van der Waals surface area contributed by atoms with Crippen LogP contribution in [-0.2, 0) is 10.0 Å². The van der Waals surface area contributed by atoms with Gasteiger partial charge in [-0.25, -0.2) is 22.8 Å². The minimum Gasteiger partial charge on any atom is -0.384 e.